The van der Waals surface area contributed by atoms with Crippen LogP contribution in [0.4, 0.5) is 22.7 Å². The van der Waals surface area contributed by atoms with E-state index in [1.54, 1.807) is 0 Å². The number of hydrogen-bond acceptors (Lipinski definition) is 4. The van der Waals surface area contributed by atoms with E-state index in [0.29, 0.717) is 6.67 Å². The average molecular weight is 887 g/mol. The topological polar surface area (TPSA) is 33.5 Å². The van der Waals surface area contributed by atoms with Crippen molar-refractivity contribution in [1.82, 2.24) is 9.55 Å². The van der Waals surface area contributed by atoms with E-state index in [1.807, 2.05) is 6.20 Å². The highest BCUT2D eigenvalue weighted by molar-refractivity contribution is 6.09. The highest BCUT2D eigenvalue weighted by Crippen LogP contribution is 2.48. The van der Waals surface area contributed by atoms with Crippen molar-refractivity contribution in [2.75, 3.05) is 16.5 Å². The number of ether oxygens (including phenoxy) is 1. The predicted octanol–water partition coefficient (Wildman–Crippen LogP) is 17.4. The Labute approximate surface area is 400 Å². The molecule has 1 aliphatic rings. The Balaban J connectivity index is 1.19. The van der Waals surface area contributed by atoms with Crippen LogP contribution in [0, 0.1) is 0 Å². The molecule has 0 radical (unpaired) electrons. The van der Waals surface area contributed by atoms with Gasteiger partial charge in [-0.3, -0.25) is 4.57 Å². The van der Waals surface area contributed by atoms with E-state index in [-0.39, 0.29) is 27.1 Å². The van der Waals surface area contributed by atoms with Crippen LogP contribution in [-0.4, -0.2) is 16.2 Å². The first-order valence-corrected chi connectivity index (χ1v) is 24.1. The third-order valence-electron chi connectivity index (χ3n) is 13.7. The van der Waals surface area contributed by atoms with Crippen molar-refractivity contribution in [3.05, 3.63) is 167 Å². The lowest BCUT2D eigenvalue weighted by Crippen LogP contribution is -2.25. The number of aromatic nitrogens is 2. The molecule has 8 aromatic rings. The smallest absolute Gasteiger partial charge is 0.137 e. The number of benzene rings is 6. The maximum atomic E-state index is 7.10. The fourth-order valence-electron chi connectivity index (χ4n) is 9.33. The Hall–Kier alpha value is -6.33. The number of para-hydroxylation sites is 2. The molecule has 0 saturated carbocycles. The van der Waals surface area contributed by atoms with Crippen LogP contribution in [0.15, 0.2) is 140 Å². The fourth-order valence-corrected chi connectivity index (χ4v) is 9.33. The standard InChI is InChI=1S/C62H70N4O/c1-58(2,3)42-22-20-40(21-23-42)41-30-47(64-39-65(54-19-17-16-18-53(54)64)48-33-45(61(10,11)12)32-46(34-48)62(13,14)15)37-50(31-41)67-49-25-27-52-51-26-24-43(59(4,5)6)35-55(51)66(56(52)38-49)57-36-44(28-29-63-57)60(7,8)9/h16-38H,39H2,1-15H3. The van der Waals surface area contributed by atoms with Gasteiger partial charge in [0.05, 0.1) is 22.4 Å². The number of nitrogens with zero attached hydrogens (tertiary/aromatic N) is 4. The SMILES string of the molecule is CC(C)(C)c1ccc(-c2cc(Oc3ccc4c5ccc(C(C)(C)C)cc5n(-c5cc(C(C)(C)C)ccn5)c4c3)cc(N3CN(c4cc(C(C)(C)C)cc(C(C)(C)C)c4)c4ccccc43)c2)cc1. The van der Waals surface area contributed by atoms with Crippen molar-refractivity contribution in [2.24, 2.45) is 0 Å². The van der Waals surface area contributed by atoms with Gasteiger partial charge in [0.2, 0.25) is 0 Å². The molecule has 1 aliphatic heterocycles. The van der Waals surface area contributed by atoms with E-state index in [9.17, 15) is 0 Å². The summed E-state index contributed by atoms with van der Waals surface area (Å²) >= 11 is 0. The number of fused-ring (bicyclic) bond motifs is 4. The molecule has 3 heterocycles. The summed E-state index contributed by atoms with van der Waals surface area (Å²) in [7, 11) is 0. The van der Waals surface area contributed by atoms with Crippen LogP contribution in [-0.2, 0) is 27.1 Å². The lowest BCUT2D eigenvalue weighted by Gasteiger charge is -2.29. The van der Waals surface area contributed by atoms with Gasteiger partial charge >= 0.3 is 0 Å². The fraction of sp³-hybridized carbons (Fsp3) is 0.339. The van der Waals surface area contributed by atoms with Gasteiger partial charge in [0, 0.05) is 40.5 Å². The first-order valence-electron chi connectivity index (χ1n) is 24.1. The molecule has 0 spiro atoms. The first-order chi connectivity index (χ1) is 31.3. The maximum Gasteiger partial charge on any atom is 0.137 e. The quantitative estimate of drug-likeness (QED) is 0.167. The normalized spacial score (nSPS) is 13.8. The molecule has 2 aromatic heterocycles. The first kappa shape index (κ1) is 45.8. The van der Waals surface area contributed by atoms with Crippen molar-refractivity contribution in [3.8, 4) is 28.4 Å². The van der Waals surface area contributed by atoms with Gasteiger partial charge in [-0.05, 0) is 133 Å². The second-order valence-corrected chi connectivity index (χ2v) is 24.0. The van der Waals surface area contributed by atoms with E-state index in [0.717, 1.165) is 56.2 Å². The van der Waals surface area contributed by atoms with Gasteiger partial charge in [-0.1, -0.05) is 158 Å². The minimum Gasteiger partial charge on any atom is -0.457 e. The highest BCUT2D eigenvalue weighted by Gasteiger charge is 2.31. The third-order valence-corrected chi connectivity index (χ3v) is 13.7. The molecule has 0 saturated heterocycles. The van der Waals surface area contributed by atoms with E-state index in [4.69, 9.17) is 9.72 Å². The molecule has 0 atom stereocenters. The van der Waals surface area contributed by atoms with Crippen LogP contribution >= 0.6 is 0 Å². The third kappa shape index (κ3) is 8.98. The summed E-state index contributed by atoms with van der Waals surface area (Å²) in [6.07, 6.45) is 1.95. The second kappa shape index (κ2) is 16.2. The molecule has 67 heavy (non-hydrogen) atoms. The Morgan fingerprint density at radius 1 is 0.403 bits per heavy atom. The van der Waals surface area contributed by atoms with Crippen LogP contribution in [0.5, 0.6) is 11.5 Å². The maximum absolute atomic E-state index is 7.10. The van der Waals surface area contributed by atoms with Crippen molar-refractivity contribution in [2.45, 2.75) is 131 Å². The summed E-state index contributed by atoms with van der Waals surface area (Å²) in [4.78, 5) is 9.94. The second-order valence-electron chi connectivity index (χ2n) is 24.0. The molecule has 0 unspecified atom stereocenters. The van der Waals surface area contributed by atoms with Crippen molar-refractivity contribution in [1.29, 1.82) is 0 Å². The molecule has 344 valence electrons. The zero-order valence-electron chi connectivity index (χ0n) is 42.7. The number of hydrogen-bond donors (Lipinski definition) is 0. The molecule has 5 heteroatoms. The summed E-state index contributed by atoms with van der Waals surface area (Å²) in [5, 5.41) is 2.36. The predicted molar refractivity (Wildman–Crippen MR) is 286 cm³/mol. The zero-order chi connectivity index (χ0) is 48.0. The van der Waals surface area contributed by atoms with Crippen LogP contribution in [0.1, 0.15) is 132 Å². The summed E-state index contributed by atoms with van der Waals surface area (Å²) in [6, 6.07) is 49.6. The Bertz CT molecular complexity index is 3120. The van der Waals surface area contributed by atoms with Gasteiger partial charge < -0.3 is 14.5 Å². The monoisotopic (exact) mass is 887 g/mol. The van der Waals surface area contributed by atoms with Crippen LogP contribution < -0.4 is 14.5 Å². The lowest BCUT2D eigenvalue weighted by molar-refractivity contribution is 0.483. The van der Waals surface area contributed by atoms with Crippen molar-refractivity contribution < 1.29 is 4.74 Å². The van der Waals surface area contributed by atoms with Gasteiger partial charge in [0.1, 0.15) is 24.0 Å². The van der Waals surface area contributed by atoms with Crippen molar-refractivity contribution in [3.63, 3.8) is 0 Å². The molecular weight excluding hydrogens is 817 g/mol. The van der Waals surface area contributed by atoms with E-state index < -0.39 is 0 Å². The minimum absolute atomic E-state index is 0.00221. The van der Waals surface area contributed by atoms with Crippen LogP contribution in [0.2, 0.25) is 0 Å². The lowest BCUT2D eigenvalue weighted by atomic mass is 9.80. The average Bonchev–Trinajstić information content (AvgIpc) is 3.80. The molecule has 0 bridgehead atoms. The summed E-state index contributed by atoms with van der Waals surface area (Å²) in [5.41, 5.74) is 15.6. The largest absolute Gasteiger partial charge is 0.457 e. The van der Waals surface area contributed by atoms with Crippen LogP contribution in [0.3, 0.4) is 0 Å². The summed E-state index contributed by atoms with van der Waals surface area (Å²) in [6.45, 7) is 34.9. The molecule has 0 N–H and O–H groups in total. The number of pyridine rings is 1. The van der Waals surface area contributed by atoms with Crippen LogP contribution in [0.25, 0.3) is 38.8 Å². The van der Waals surface area contributed by atoms with Gasteiger partial charge in [0.25, 0.3) is 0 Å². The Morgan fingerprint density at radius 3 is 1.48 bits per heavy atom. The molecular formula is C62H70N4O. The van der Waals surface area contributed by atoms with Gasteiger partial charge in [-0.2, -0.15) is 0 Å². The Kier molecular flexibility index (Phi) is 11.1. The molecule has 0 fully saturated rings. The molecule has 9 rings (SSSR count). The van der Waals surface area contributed by atoms with Gasteiger partial charge in [-0.25, -0.2) is 4.98 Å². The zero-order valence-corrected chi connectivity index (χ0v) is 42.7. The number of anilines is 4. The van der Waals surface area contributed by atoms with E-state index in [1.165, 1.54) is 44.6 Å². The van der Waals surface area contributed by atoms with E-state index in [2.05, 4.69) is 252 Å². The summed E-state index contributed by atoms with van der Waals surface area (Å²) < 4.78 is 9.43. The van der Waals surface area contributed by atoms with E-state index >= 15 is 0 Å². The van der Waals surface area contributed by atoms with Gasteiger partial charge in [-0.15, -0.1) is 0 Å². The highest BCUT2D eigenvalue weighted by atomic mass is 16.5. The van der Waals surface area contributed by atoms with Crippen molar-refractivity contribution >= 4 is 44.6 Å². The minimum atomic E-state index is -0.0319. The molecule has 6 aromatic carbocycles. The molecule has 0 aliphatic carbocycles. The molecule has 0 amide bonds. The Morgan fingerprint density at radius 2 is 0.910 bits per heavy atom. The number of rotatable bonds is 6. The summed E-state index contributed by atoms with van der Waals surface area (Å²) in [5.74, 6) is 2.44. The molecule has 5 nitrogen and oxygen atoms in total. The van der Waals surface area contributed by atoms with Gasteiger partial charge in [0.15, 0.2) is 0 Å².